The van der Waals surface area contributed by atoms with Crippen LogP contribution < -0.4 is 5.73 Å². The van der Waals surface area contributed by atoms with Gasteiger partial charge in [-0.25, -0.2) is 8.42 Å². The quantitative estimate of drug-likeness (QED) is 0.691. The van der Waals surface area contributed by atoms with Crippen LogP contribution in [0.4, 0.5) is 0 Å². The molecular formula is C11H24N2O2S2. The number of rotatable bonds is 7. The minimum Gasteiger partial charge on any atom is -0.329 e. The van der Waals surface area contributed by atoms with Gasteiger partial charge in [-0.1, -0.05) is 6.92 Å². The standard InChI is InChI=1S/C11H24N2O2S2/c1-3-16-6-4-10(8-12)13(2)11-5-7-17(14,15)9-11/h10-11H,3-9,12H2,1-2H3. The molecular weight excluding hydrogens is 256 g/mol. The Morgan fingerprint density at radius 1 is 1.53 bits per heavy atom. The lowest BCUT2D eigenvalue weighted by atomic mass is 10.1. The molecule has 2 N–H and O–H groups in total. The molecule has 1 saturated heterocycles. The maximum absolute atomic E-state index is 11.5. The van der Waals surface area contributed by atoms with E-state index < -0.39 is 9.84 Å². The van der Waals surface area contributed by atoms with Gasteiger partial charge in [0.05, 0.1) is 11.5 Å². The Bertz CT molecular complexity index is 319. The van der Waals surface area contributed by atoms with E-state index in [4.69, 9.17) is 5.73 Å². The first kappa shape index (κ1) is 15.3. The molecule has 0 aromatic heterocycles. The van der Waals surface area contributed by atoms with Crippen molar-refractivity contribution in [2.75, 3.05) is 36.6 Å². The third-order valence-corrected chi connectivity index (χ3v) is 6.11. The predicted molar refractivity (Wildman–Crippen MR) is 75.3 cm³/mol. The molecule has 1 aliphatic heterocycles. The van der Waals surface area contributed by atoms with E-state index >= 15 is 0 Å². The van der Waals surface area contributed by atoms with Gasteiger partial charge in [-0.15, -0.1) is 0 Å². The first-order valence-corrected chi connectivity index (χ1v) is 9.18. The number of thioether (sulfide) groups is 1. The monoisotopic (exact) mass is 280 g/mol. The Hall–Kier alpha value is 0.220. The topological polar surface area (TPSA) is 63.4 Å². The average molecular weight is 280 g/mol. The molecule has 0 spiro atoms. The highest BCUT2D eigenvalue weighted by atomic mass is 32.2. The Balaban J connectivity index is 2.46. The summed E-state index contributed by atoms with van der Waals surface area (Å²) in [5.74, 6) is 2.87. The molecule has 0 aromatic rings. The lowest BCUT2D eigenvalue weighted by Gasteiger charge is -2.31. The smallest absolute Gasteiger partial charge is 0.151 e. The lowest BCUT2D eigenvalue weighted by Crippen LogP contribution is -2.45. The maximum Gasteiger partial charge on any atom is 0.151 e. The van der Waals surface area contributed by atoms with Crippen molar-refractivity contribution in [3.05, 3.63) is 0 Å². The zero-order chi connectivity index (χ0) is 12.9. The highest BCUT2D eigenvalue weighted by molar-refractivity contribution is 7.99. The fourth-order valence-electron chi connectivity index (χ4n) is 2.25. The zero-order valence-corrected chi connectivity index (χ0v) is 12.4. The predicted octanol–water partition coefficient (Wildman–Crippen LogP) is 0.576. The number of hydrogen-bond donors (Lipinski definition) is 1. The fraction of sp³-hybridized carbons (Fsp3) is 1.00. The van der Waals surface area contributed by atoms with Gasteiger partial charge in [0.1, 0.15) is 0 Å². The van der Waals surface area contributed by atoms with E-state index in [-0.39, 0.29) is 6.04 Å². The number of sulfone groups is 1. The summed E-state index contributed by atoms with van der Waals surface area (Å²) in [4.78, 5) is 2.18. The molecule has 0 saturated carbocycles. The minimum absolute atomic E-state index is 0.167. The molecule has 6 heteroatoms. The molecule has 1 rings (SSSR count). The Morgan fingerprint density at radius 3 is 2.71 bits per heavy atom. The van der Waals surface area contributed by atoms with Crippen LogP contribution in [-0.2, 0) is 9.84 Å². The van der Waals surface area contributed by atoms with E-state index in [1.165, 1.54) is 0 Å². The molecule has 0 aliphatic carbocycles. The number of hydrogen-bond acceptors (Lipinski definition) is 5. The highest BCUT2D eigenvalue weighted by Gasteiger charge is 2.32. The summed E-state index contributed by atoms with van der Waals surface area (Å²) < 4.78 is 22.9. The summed E-state index contributed by atoms with van der Waals surface area (Å²) >= 11 is 1.91. The SMILES string of the molecule is CCSCCC(CN)N(C)C1CCS(=O)(=O)C1. The van der Waals surface area contributed by atoms with Gasteiger partial charge in [0, 0.05) is 18.6 Å². The zero-order valence-electron chi connectivity index (χ0n) is 10.8. The molecule has 102 valence electrons. The van der Waals surface area contributed by atoms with Crippen molar-refractivity contribution >= 4 is 21.6 Å². The fourth-order valence-corrected chi connectivity index (χ4v) is 4.76. The highest BCUT2D eigenvalue weighted by Crippen LogP contribution is 2.20. The Labute approximate surface area is 109 Å². The molecule has 1 aliphatic rings. The van der Waals surface area contributed by atoms with Crippen LogP contribution in [0.1, 0.15) is 19.8 Å². The van der Waals surface area contributed by atoms with Gasteiger partial charge < -0.3 is 5.73 Å². The minimum atomic E-state index is -2.80. The first-order chi connectivity index (χ1) is 8.00. The van der Waals surface area contributed by atoms with Gasteiger partial charge in [0.15, 0.2) is 9.84 Å². The van der Waals surface area contributed by atoms with Crippen LogP contribution in [0.5, 0.6) is 0 Å². The first-order valence-electron chi connectivity index (χ1n) is 6.20. The van der Waals surface area contributed by atoms with E-state index in [1.807, 2.05) is 18.8 Å². The van der Waals surface area contributed by atoms with Crippen LogP contribution in [0.15, 0.2) is 0 Å². The summed E-state index contributed by atoms with van der Waals surface area (Å²) in [5, 5.41) is 0. The van der Waals surface area contributed by atoms with Gasteiger partial charge >= 0.3 is 0 Å². The number of nitrogens with two attached hydrogens (primary N) is 1. The van der Waals surface area contributed by atoms with Crippen LogP contribution in [0.2, 0.25) is 0 Å². The van der Waals surface area contributed by atoms with Gasteiger partial charge in [0.2, 0.25) is 0 Å². The van der Waals surface area contributed by atoms with Crippen LogP contribution in [0, 0.1) is 0 Å². The molecule has 0 radical (unpaired) electrons. The molecule has 0 bridgehead atoms. The maximum atomic E-state index is 11.5. The Kier molecular flexibility index (Phi) is 6.26. The van der Waals surface area contributed by atoms with Crippen LogP contribution in [-0.4, -0.2) is 62.0 Å². The van der Waals surface area contributed by atoms with Crippen molar-refractivity contribution in [2.45, 2.75) is 31.8 Å². The van der Waals surface area contributed by atoms with Gasteiger partial charge in [-0.2, -0.15) is 11.8 Å². The van der Waals surface area contributed by atoms with E-state index in [1.54, 1.807) is 0 Å². The van der Waals surface area contributed by atoms with E-state index in [0.717, 1.165) is 24.3 Å². The van der Waals surface area contributed by atoms with Gasteiger partial charge in [-0.05, 0) is 31.4 Å². The molecule has 0 amide bonds. The summed E-state index contributed by atoms with van der Waals surface area (Å²) in [6.07, 6.45) is 1.80. The number of nitrogens with zero attached hydrogens (tertiary/aromatic N) is 1. The van der Waals surface area contributed by atoms with Crippen LogP contribution in [0.25, 0.3) is 0 Å². The summed E-state index contributed by atoms with van der Waals surface area (Å²) in [6, 6.07) is 0.479. The molecule has 1 heterocycles. The van der Waals surface area contributed by atoms with Crippen LogP contribution >= 0.6 is 11.8 Å². The largest absolute Gasteiger partial charge is 0.329 e. The van der Waals surface area contributed by atoms with Gasteiger partial charge in [-0.3, -0.25) is 4.90 Å². The van der Waals surface area contributed by atoms with Crippen molar-refractivity contribution in [1.82, 2.24) is 4.90 Å². The van der Waals surface area contributed by atoms with Crippen molar-refractivity contribution in [3.63, 3.8) is 0 Å². The van der Waals surface area contributed by atoms with E-state index in [0.29, 0.717) is 24.1 Å². The van der Waals surface area contributed by atoms with Gasteiger partial charge in [0.25, 0.3) is 0 Å². The summed E-state index contributed by atoms with van der Waals surface area (Å²) in [6.45, 7) is 2.76. The second-order valence-electron chi connectivity index (χ2n) is 4.60. The molecule has 17 heavy (non-hydrogen) atoms. The lowest BCUT2D eigenvalue weighted by molar-refractivity contribution is 0.187. The summed E-state index contributed by atoms with van der Waals surface area (Å²) in [7, 11) is -0.782. The third-order valence-electron chi connectivity index (χ3n) is 3.43. The van der Waals surface area contributed by atoms with E-state index in [2.05, 4.69) is 11.8 Å². The average Bonchev–Trinajstić information content (AvgIpc) is 2.64. The van der Waals surface area contributed by atoms with Crippen molar-refractivity contribution in [1.29, 1.82) is 0 Å². The molecule has 0 aromatic carbocycles. The molecule has 2 atom stereocenters. The molecule has 1 fully saturated rings. The number of likely N-dealkylation sites (N-methyl/N-ethyl adjacent to an activating group) is 1. The molecule has 4 nitrogen and oxygen atoms in total. The Morgan fingerprint density at radius 2 is 2.24 bits per heavy atom. The van der Waals surface area contributed by atoms with Crippen molar-refractivity contribution in [2.24, 2.45) is 5.73 Å². The van der Waals surface area contributed by atoms with Crippen LogP contribution in [0.3, 0.4) is 0 Å². The van der Waals surface area contributed by atoms with E-state index in [9.17, 15) is 8.42 Å². The third kappa shape index (κ3) is 4.77. The summed E-state index contributed by atoms with van der Waals surface area (Å²) in [5.41, 5.74) is 5.79. The normalized spacial score (nSPS) is 25.3. The van der Waals surface area contributed by atoms with Crippen molar-refractivity contribution < 1.29 is 8.42 Å². The second kappa shape index (κ2) is 6.97. The van der Waals surface area contributed by atoms with Crippen molar-refractivity contribution in [3.8, 4) is 0 Å². The molecule has 2 unspecified atom stereocenters. The second-order valence-corrected chi connectivity index (χ2v) is 8.22.